The monoisotopic (exact) mass is 317 g/mol. The number of nitrogens with zero attached hydrogens (tertiary/aromatic N) is 1. The standard InChI is InChI=1S/C17H16ClNO3/c1-10(2)14-9-16(20)11(3)7-15(14)19-22-17(21)12-5-4-6-13(18)8-12/h4-10H,1-3H3/b19-15-. The van der Waals surface area contributed by atoms with E-state index in [1.54, 1.807) is 31.2 Å². The zero-order valence-corrected chi connectivity index (χ0v) is 13.3. The highest BCUT2D eigenvalue weighted by Crippen LogP contribution is 2.20. The van der Waals surface area contributed by atoms with E-state index in [-0.39, 0.29) is 11.7 Å². The number of carbonyl (C=O) groups excluding carboxylic acids is 2. The summed E-state index contributed by atoms with van der Waals surface area (Å²) in [6.07, 6.45) is 3.16. The molecule has 4 nitrogen and oxygen atoms in total. The average molecular weight is 318 g/mol. The van der Waals surface area contributed by atoms with Crippen LogP contribution in [0.15, 0.2) is 52.7 Å². The SMILES string of the molecule is CC1=C/C(=N/OC(=O)c2cccc(Cl)c2)C(C(C)C)=CC1=O. The summed E-state index contributed by atoms with van der Waals surface area (Å²) < 4.78 is 0. The Labute approximate surface area is 134 Å². The zero-order chi connectivity index (χ0) is 16.3. The number of rotatable bonds is 3. The van der Waals surface area contributed by atoms with Crippen LogP contribution in [0.1, 0.15) is 31.1 Å². The van der Waals surface area contributed by atoms with Crippen molar-refractivity contribution in [3.8, 4) is 0 Å². The first-order valence-corrected chi connectivity index (χ1v) is 7.25. The van der Waals surface area contributed by atoms with Crippen molar-refractivity contribution in [1.29, 1.82) is 0 Å². The summed E-state index contributed by atoms with van der Waals surface area (Å²) in [6.45, 7) is 5.59. The molecule has 2 rings (SSSR count). The molecule has 5 heteroatoms. The van der Waals surface area contributed by atoms with Gasteiger partial charge in [0, 0.05) is 5.02 Å². The van der Waals surface area contributed by atoms with Crippen LogP contribution in [-0.2, 0) is 9.63 Å². The normalized spacial score (nSPS) is 16.6. The molecule has 0 fully saturated rings. The third kappa shape index (κ3) is 3.71. The lowest BCUT2D eigenvalue weighted by Crippen LogP contribution is -2.16. The lowest BCUT2D eigenvalue weighted by atomic mass is 9.90. The maximum Gasteiger partial charge on any atom is 0.365 e. The number of hydrogen-bond donors (Lipinski definition) is 0. The van der Waals surface area contributed by atoms with E-state index in [0.717, 1.165) is 5.57 Å². The fourth-order valence-electron chi connectivity index (χ4n) is 1.99. The molecule has 0 atom stereocenters. The van der Waals surface area contributed by atoms with E-state index in [1.165, 1.54) is 12.1 Å². The predicted molar refractivity (Wildman–Crippen MR) is 86.0 cm³/mol. The Morgan fingerprint density at radius 2 is 2.00 bits per heavy atom. The summed E-state index contributed by atoms with van der Waals surface area (Å²) in [7, 11) is 0. The van der Waals surface area contributed by atoms with Crippen molar-refractivity contribution in [3.63, 3.8) is 0 Å². The van der Waals surface area contributed by atoms with Crippen molar-refractivity contribution in [1.82, 2.24) is 0 Å². The van der Waals surface area contributed by atoms with Gasteiger partial charge >= 0.3 is 5.97 Å². The van der Waals surface area contributed by atoms with Gasteiger partial charge in [-0.15, -0.1) is 0 Å². The summed E-state index contributed by atoms with van der Waals surface area (Å²) in [5, 5.41) is 4.35. The van der Waals surface area contributed by atoms with E-state index in [0.29, 0.717) is 21.9 Å². The molecule has 0 saturated heterocycles. The molecule has 1 aromatic carbocycles. The lowest BCUT2D eigenvalue weighted by Gasteiger charge is -2.15. The highest BCUT2D eigenvalue weighted by atomic mass is 35.5. The Balaban J connectivity index is 2.23. The molecule has 0 unspecified atom stereocenters. The van der Waals surface area contributed by atoms with Gasteiger partial charge in [-0.2, -0.15) is 0 Å². The second-order valence-corrected chi connectivity index (χ2v) is 5.75. The number of benzene rings is 1. The molecule has 0 aliphatic heterocycles. The molecule has 0 N–H and O–H groups in total. The minimum Gasteiger partial charge on any atom is -0.312 e. The number of carbonyl (C=O) groups is 2. The van der Waals surface area contributed by atoms with Crippen LogP contribution in [0.2, 0.25) is 5.02 Å². The first kappa shape index (κ1) is 16.2. The number of halogens is 1. The van der Waals surface area contributed by atoms with Crippen molar-refractivity contribution in [3.05, 3.63) is 58.1 Å². The fourth-order valence-corrected chi connectivity index (χ4v) is 2.18. The van der Waals surface area contributed by atoms with Crippen LogP contribution in [0.3, 0.4) is 0 Å². The predicted octanol–water partition coefficient (Wildman–Crippen LogP) is 3.96. The van der Waals surface area contributed by atoms with E-state index in [9.17, 15) is 9.59 Å². The van der Waals surface area contributed by atoms with Gasteiger partial charge in [-0.25, -0.2) is 4.79 Å². The Morgan fingerprint density at radius 1 is 1.27 bits per heavy atom. The fraction of sp³-hybridized carbons (Fsp3) is 0.235. The summed E-state index contributed by atoms with van der Waals surface area (Å²) in [5.74, 6) is -0.554. The van der Waals surface area contributed by atoms with Gasteiger partial charge in [0.2, 0.25) is 0 Å². The minimum atomic E-state index is -0.596. The van der Waals surface area contributed by atoms with Gasteiger partial charge in [-0.05, 0) is 54.3 Å². The Bertz CT molecular complexity index is 714. The van der Waals surface area contributed by atoms with Crippen molar-refractivity contribution in [2.24, 2.45) is 11.1 Å². The third-order valence-electron chi connectivity index (χ3n) is 3.23. The number of hydrogen-bond acceptors (Lipinski definition) is 4. The van der Waals surface area contributed by atoms with E-state index in [2.05, 4.69) is 5.16 Å². The molecule has 0 amide bonds. The Hall–Kier alpha value is -2.20. The van der Waals surface area contributed by atoms with Crippen LogP contribution in [0, 0.1) is 5.92 Å². The molecule has 0 bridgehead atoms. The van der Waals surface area contributed by atoms with Gasteiger partial charge in [-0.1, -0.05) is 36.7 Å². The molecule has 0 saturated carbocycles. The van der Waals surface area contributed by atoms with Crippen LogP contribution in [0.4, 0.5) is 0 Å². The summed E-state index contributed by atoms with van der Waals surface area (Å²) in [6, 6.07) is 6.44. The van der Waals surface area contributed by atoms with Gasteiger partial charge in [0.25, 0.3) is 0 Å². The minimum absolute atomic E-state index is 0.0520. The molecule has 1 aliphatic rings. The first-order chi connectivity index (χ1) is 10.4. The maximum absolute atomic E-state index is 12.0. The maximum atomic E-state index is 12.0. The van der Waals surface area contributed by atoms with Crippen LogP contribution in [-0.4, -0.2) is 17.5 Å². The second kappa shape index (κ2) is 6.71. The van der Waals surface area contributed by atoms with Crippen LogP contribution in [0.25, 0.3) is 0 Å². The van der Waals surface area contributed by atoms with Crippen LogP contribution < -0.4 is 0 Å². The summed E-state index contributed by atoms with van der Waals surface area (Å²) in [5.41, 5.74) is 2.11. The topological polar surface area (TPSA) is 55.7 Å². The van der Waals surface area contributed by atoms with Gasteiger partial charge < -0.3 is 4.84 Å². The van der Waals surface area contributed by atoms with Crippen molar-refractivity contribution in [2.75, 3.05) is 0 Å². The molecule has 0 heterocycles. The van der Waals surface area contributed by atoms with Crippen molar-refractivity contribution in [2.45, 2.75) is 20.8 Å². The summed E-state index contributed by atoms with van der Waals surface area (Å²) in [4.78, 5) is 28.7. The molecule has 0 aromatic heterocycles. The highest BCUT2D eigenvalue weighted by molar-refractivity contribution is 6.30. The summed E-state index contributed by atoms with van der Waals surface area (Å²) >= 11 is 5.84. The van der Waals surface area contributed by atoms with Crippen LogP contribution in [0.5, 0.6) is 0 Å². The van der Waals surface area contributed by atoms with Crippen molar-refractivity contribution >= 4 is 29.1 Å². The molecule has 0 spiro atoms. The van der Waals surface area contributed by atoms with Gasteiger partial charge in [0.15, 0.2) is 5.78 Å². The molecular weight excluding hydrogens is 302 g/mol. The van der Waals surface area contributed by atoms with E-state index >= 15 is 0 Å². The van der Waals surface area contributed by atoms with Gasteiger partial charge in [-0.3, -0.25) is 4.79 Å². The molecule has 1 aliphatic carbocycles. The van der Waals surface area contributed by atoms with Crippen molar-refractivity contribution < 1.29 is 14.4 Å². The average Bonchev–Trinajstić information content (AvgIpc) is 2.47. The van der Waals surface area contributed by atoms with E-state index in [4.69, 9.17) is 16.4 Å². The van der Waals surface area contributed by atoms with Crippen LogP contribution >= 0.6 is 11.6 Å². The van der Waals surface area contributed by atoms with E-state index < -0.39 is 5.97 Å². The van der Waals surface area contributed by atoms with Gasteiger partial charge in [0.1, 0.15) is 5.71 Å². The smallest absolute Gasteiger partial charge is 0.312 e. The van der Waals surface area contributed by atoms with Gasteiger partial charge in [0.05, 0.1) is 5.56 Å². The molecule has 1 aromatic rings. The first-order valence-electron chi connectivity index (χ1n) is 6.88. The van der Waals surface area contributed by atoms with E-state index in [1.807, 2.05) is 13.8 Å². The zero-order valence-electron chi connectivity index (χ0n) is 12.6. The molecule has 22 heavy (non-hydrogen) atoms. The largest absolute Gasteiger partial charge is 0.365 e. The number of oxime groups is 1. The Morgan fingerprint density at radius 3 is 2.64 bits per heavy atom. The quantitative estimate of drug-likeness (QED) is 0.481. The third-order valence-corrected chi connectivity index (χ3v) is 3.47. The Kier molecular flexibility index (Phi) is 4.93. The highest BCUT2D eigenvalue weighted by Gasteiger charge is 2.19. The second-order valence-electron chi connectivity index (χ2n) is 5.31. The lowest BCUT2D eigenvalue weighted by molar-refractivity contribution is -0.111. The number of allylic oxidation sites excluding steroid dienone is 4. The number of ketones is 1. The molecule has 0 radical (unpaired) electrons. The molecular formula is C17H16ClNO3. The molecule has 114 valence electrons.